The molecule has 1 heterocycles. The summed E-state index contributed by atoms with van der Waals surface area (Å²) in [5.41, 5.74) is 11.9. The van der Waals surface area contributed by atoms with Crippen LogP contribution in [0.1, 0.15) is 45.1 Å². The number of nitrogens with zero attached hydrogens (tertiary/aromatic N) is 1. The number of allylic oxidation sites excluding steroid dienone is 2. The average molecular weight is 347 g/mol. The van der Waals surface area contributed by atoms with E-state index < -0.39 is 0 Å². The second-order valence-electron chi connectivity index (χ2n) is 7.19. The van der Waals surface area contributed by atoms with E-state index in [1.54, 1.807) is 0 Å². The van der Waals surface area contributed by atoms with Gasteiger partial charge in [0.15, 0.2) is 5.82 Å². The number of benzene rings is 2. The number of fused-ring (bicyclic) bond motifs is 1. The molecule has 0 unspecified atom stereocenters. The molecule has 0 atom stereocenters. The van der Waals surface area contributed by atoms with Crippen LogP contribution in [0.3, 0.4) is 0 Å². The molecule has 4 nitrogen and oxygen atoms in total. The Labute approximate surface area is 154 Å². The van der Waals surface area contributed by atoms with Gasteiger partial charge in [-0.25, -0.2) is 0 Å². The Hall–Kier alpha value is -2.75. The van der Waals surface area contributed by atoms with Crippen LogP contribution < -0.4 is 10.5 Å². The predicted molar refractivity (Wildman–Crippen MR) is 108 cm³/mol. The molecule has 4 heteroatoms. The van der Waals surface area contributed by atoms with Gasteiger partial charge in [-0.2, -0.15) is 5.10 Å². The van der Waals surface area contributed by atoms with E-state index in [9.17, 15) is 0 Å². The molecule has 0 radical (unpaired) electrons. The number of nitrogens with two attached hydrogens (primary N) is 1. The van der Waals surface area contributed by atoms with E-state index in [0.717, 1.165) is 34.2 Å². The van der Waals surface area contributed by atoms with Crippen molar-refractivity contribution in [1.82, 2.24) is 10.2 Å². The van der Waals surface area contributed by atoms with E-state index in [-0.39, 0.29) is 6.10 Å². The Morgan fingerprint density at radius 2 is 2.00 bits per heavy atom. The molecule has 26 heavy (non-hydrogen) atoms. The fourth-order valence-corrected chi connectivity index (χ4v) is 3.72. The van der Waals surface area contributed by atoms with Crippen molar-refractivity contribution in [2.24, 2.45) is 0 Å². The molecule has 3 aromatic rings. The molecule has 0 aliphatic heterocycles. The van der Waals surface area contributed by atoms with Crippen molar-refractivity contribution in [3.63, 3.8) is 0 Å². The number of aromatic amines is 1. The van der Waals surface area contributed by atoms with Crippen LogP contribution in [-0.2, 0) is 0 Å². The number of ether oxygens (including phenoxy) is 1. The summed E-state index contributed by atoms with van der Waals surface area (Å²) in [6.07, 6.45) is 7.34. The van der Waals surface area contributed by atoms with Crippen LogP contribution in [0, 0.1) is 0 Å². The van der Waals surface area contributed by atoms with Gasteiger partial charge in [0.25, 0.3) is 0 Å². The van der Waals surface area contributed by atoms with Gasteiger partial charge in [-0.1, -0.05) is 30.3 Å². The van der Waals surface area contributed by atoms with Crippen LogP contribution >= 0.6 is 0 Å². The summed E-state index contributed by atoms with van der Waals surface area (Å²) in [5.74, 6) is 1.42. The molecule has 4 rings (SSSR count). The topological polar surface area (TPSA) is 63.9 Å². The number of nitrogens with one attached hydrogen (secondary N) is 1. The molecule has 3 N–H and O–H groups in total. The number of hydrogen-bond donors (Lipinski definition) is 2. The summed E-state index contributed by atoms with van der Waals surface area (Å²) < 4.78 is 6.20. The second kappa shape index (κ2) is 6.87. The summed E-state index contributed by atoms with van der Waals surface area (Å²) in [6, 6.07) is 12.6. The Morgan fingerprint density at radius 3 is 2.77 bits per heavy atom. The summed E-state index contributed by atoms with van der Waals surface area (Å²) in [5, 5.41) is 8.11. The lowest BCUT2D eigenvalue weighted by Gasteiger charge is -2.19. The molecule has 1 aliphatic carbocycles. The molecule has 1 aliphatic rings. The lowest BCUT2D eigenvalue weighted by Crippen LogP contribution is -2.07. The van der Waals surface area contributed by atoms with Crippen molar-refractivity contribution in [2.45, 2.75) is 45.6 Å². The van der Waals surface area contributed by atoms with E-state index in [1.165, 1.54) is 30.4 Å². The Kier molecular flexibility index (Phi) is 4.41. The van der Waals surface area contributed by atoms with Crippen LogP contribution in [0.5, 0.6) is 5.75 Å². The smallest absolute Gasteiger partial charge is 0.153 e. The van der Waals surface area contributed by atoms with Gasteiger partial charge >= 0.3 is 0 Å². The predicted octanol–water partition coefficient (Wildman–Crippen LogP) is 5.56. The largest absolute Gasteiger partial charge is 0.490 e. The third-order valence-corrected chi connectivity index (χ3v) is 4.91. The number of anilines is 1. The minimum atomic E-state index is 0.102. The van der Waals surface area contributed by atoms with Gasteiger partial charge in [0.1, 0.15) is 5.75 Å². The van der Waals surface area contributed by atoms with Gasteiger partial charge in [0.2, 0.25) is 0 Å². The molecular weight excluding hydrogens is 322 g/mol. The minimum Gasteiger partial charge on any atom is -0.490 e. The van der Waals surface area contributed by atoms with Crippen molar-refractivity contribution in [2.75, 3.05) is 5.73 Å². The minimum absolute atomic E-state index is 0.102. The zero-order valence-corrected chi connectivity index (χ0v) is 15.4. The fraction of sp³-hybridized carbons (Fsp3) is 0.318. The van der Waals surface area contributed by atoms with Gasteiger partial charge in [-0.3, -0.25) is 5.10 Å². The third kappa shape index (κ3) is 3.07. The maximum Gasteiger partial charge on any atom is 0.153 e. The number of aromatic nitrogens is 2. The van der Waals surface area contributed by atoms with E-state index in [0.29, 0.717) is 5.82 Å². The first-order valence-corrected chi connectivity index (χ1v) is 9.36. The first-order valence-electron chi connectivity index (χ1n) is 9.36. The van der Waals surface area contributed by atoms with Crippen molar-refractivity contribution >= 4 is 22.3 Å². The standard InChI is InChI=1S/C22H25N3O/c1-14(2)26-20-13-16(15-7-4-3-5-8-15)11-12-17(20)18-9-6-10-19-21(18)22(23)25-24-19/h6-7,9-14H,3-5,8H2,1-2H3,(H3,23,24,25). The normalized spacial score (nSPS) is 14.7. The highest BCUT2D eigenvalue weighted by Crippen LogP contribution is 2.39. The number of H-pyrrole nitrogens is 1. The highest BCUT2D eigenvalue weighted by Gasteiger charge is 2.16. The van der Waals surface area contributed by atoms with E-state index in [4.69, 9.17) is 10.5 Å². The van der Waals surface area contributed by atoms with Crippen LogP contribution in [-0.4, -0.2) is 16.3 Å². The van der Waals surface area contributed by atoms with Crippen LogP contribution in [0.2, 0.25) is 0 Å². The first-order chi connectivity index (χ1) is 12.6. The zero-order valence-electron chi connectivity index (χ0n) is 15.4. The second-order valence-corrected chi connectivity index (χ2v) is 7.19. The number of rotatable bonds is 4. The zero-order chi connectivity index (χ0) is 18.1. The summed E-state index contributed by atoms with van der Waals surface area (Å²) in [4.78, 5) is 0. The molecule has 0 amide bonds. The lowest BCUT2D eigenvalue weighted by atomic mass is 9.91. The van der Waals surface area contributed by atoms with Crippen LogP contribution in [0.15, 0.2) is 42.5 Å². The molecular formula is C22H25N3O. The maximum atomic E-state index is 6.20. The summed E-state index contributed by atoms with van der Waals surface area (Å²) >= 11 is 0. The molecule has 0 spiro atoms. The Morgan fingerprint density at radius 1 is 1.12 bits per heavy atom. The van der Waals surface area contributed by atoms with Gasteiger partial charge in [-0.15, -0.1) is 0 Å². The first kappa shape index (κ1) is 16.7. The molecule has 0 saturated carbocycles. The Bertz CT molecular complexity index is 969. The SMILES string of the molecule is CC(C)Oc1cc(C2=CCCCC2)ccc1-c1cccc2[nH]nc(N)c12. The highest BCUT2D eigenvalue weighted by molar-refractivity contribution is 6.02. The van der Waals surface area contributed by atoms with Crippen LogP contribution in [0.25, 0.3) is 27.6 Å². The Balaban J connectivity index is 1.87. The van der Waals surface area contributed by atoms with Crippen molar-refractivity contribution in [1.29, 1.82) is 0 Å². The van der Waals surface area contributed by atoms with E-state index >= 15 is 0 Å². The number of hydrogen-bond acceptors (Lipinski definition) is 3. The lowest BCUT2D eigenvalue weighted by molar-refractivity contribution is 0.243. The molecule has 0 fully saturated rings. The summed E-state index contributed by atoms with van der Waals surface area (Å²) in [7, 11) is 0. The van der Waals surface area contributed by atoms with E-state index in [2.05, 4.69) is 54.4 Å². The molecule has 0 bridgehead atoms. The fourth-order valence-electron chi connectivity index (χ4n) is 3.72. The molecule has 0 saturated heterocycles. The number of nitrogen functional groups attached to an aromatic ring is 1. The van der Waals surface area contributed by atoms with Gasteiger partial charge in [-0.05, 0) is 68.4 Å². The van der Waals surface area contributed by atoms with Gasteiger partial charge in [0, 0.05) is 5.56 Å². The van der Waals surface area contributed by atoms with Crippen molar-refractivity contribution in [3.8, 4) is 16.9 Å². The highest BCUT2D eigenvalue weighted by atomic mass is 16.5. The quantitative estimate of drug-likeness (QED) is 0.649. The van der Waals surface area contributed by atoms with Gasteiger partial charge in [0.05, 0.1) is 17.0 Å². The molecule has 2 aromatic carbocycles. The molecule has 1 aromatic heterocycles. The third-order valence-electron chi connectivity index (χ3n) is 4.91. The summed E-state index contributed by atoms with van der Waals surface area (Å²) in [6.45, 7) is 4.12. The van der Waals surface area contributed by atoms with Crippen LogP contribution in [0.4, 0.5) is 5.82 Å². The molecule has 134 valence electrons. The maximum absolute atomic E-state index is 6.20. The monoisotopic (exact) mass is 347 g/mol. The van der Waals surface area contributed by atoms with Crippen molar-refractivity contribution < 1.29 is 4.74 Å². The van der Waals surface area contributed by atoms with Gasteiger partial charge < -0.3 is 10.5 Å². The average Bonchev–Trinajstić information content (AvgIpc) is 3.03. The van der Waals surface area contributed by atoms with Crippen molar-refractivity contribution in [3.05, 3.63) is 48.0 Å². The van der Waals surface area contributed by atoms with E-state index in [1.807, 2.05) is 12.1 Å².